The Morgan fingerprint density at radius 1 is 1.03 bits per heavy atom. The molecule has 5 heterocycles. The van der Waals surface area contributed by atoms with Crippen LogP contribution in [0, 0.1) is 19.8 Å². The highest BCUT2D eigenvalue weighted by atomic mass is 16.5. The first kappa shape index (κ1) is 21.3. The molecule has 172 valence electrons. The van der Waals surface area contributed by atoms with E-state index >= 15 is 0 Å². The van der Waals surface area contributed by atoms with E-state index in [1.807, 2.05) is 49.0 Å². The van der Waals surface area contributed by atoms with Crippen molar-refractivity contribution in [1.82, 2.24) is 30.0 Å². The van der Waals surface area contributed by atoms with Crippen molar-refractivity contribution in [2.24, 2.45) is 5.92 Å². The molecule has 0 aromatic carbocycles. The van der Waals surface area contributed by atoms with Crippen molar-refractivity contribution < 1.29 is 9.53 Å². The van der Waals surface area contributed by atoms with Gasteiger partial charge in [-0.1, -0.05) is 6.07 Å². The van der Waals surface area contributed by atoms with E-state index in [9.17, 15) is 4.79 Å². The van der Waals surface area contributed by atoms with Gasteiger partial charge in [-0.2, -0.15) is 5.10 Å². The topological polar surface area (TPSA) is 101 Å². The predicted octanol–water partition coefficient (Wildman–Crippen LogP) is 1.26. The van der Waals surface area contributed by atoms with Crippen LogP contribution in [0.25, 0.3) is 5.82 Å². The van der Waals surface area contributed by atoms with Gasteiger partial charge in [-0.05, 0) is 31.5 Å². The lowest BCUT2D eigenvalue weighted by atomic mass is 9.99. The minimum absolute atomic E-state index is 0.0522. The van der Waals surface area contributed by atoms with Gasteiger partial charge < -0.3 is 19.9 Å². The zero-order chi connectivity index (χ0) is 22.8. The van der Waals surface area contributed by atoms with Gasteiger partial charge in [-0.25, -0.2) is 19.6 Å². The van der Waals surface area contributed by atoms with E-state index in [2.05, 4.69) is 35.2 Å². The minimum Gasteiger partial charge on any atom is -0.378 e. The number of carbonyl (C=O) groups is 1. The summed E-state index contributed by atoms with van der Waals surface area (Å²) in [4.78, 5) is 30.2. The third kappa shape index (κ3) is 4.65. The van der Waals surface area contributed by atoms with E-state index in [-0.39, 0.29) is 11.8 Å². The minimum atomic E-state index is -0.0577. The zero-order valence-electron chi connectivity index (χ0n) is 18.9. The number of nitrogens with zero attached hydrogens (tertiary/aromatic N) is 7. The summed E-state index contributed by atoms with van der Waals surface area (Å²) in [6, 6.07) is 7.95. The molecule has 2 fully saturated rings. The number of rotatable bonds is 6. The number of nitrogens with one attached hydrogen (secondary N) is 1. The number of aromatic nitrogens is 5. The number of morpholine rings is 1. The Kier molecular flexibility index (Phi) is 5.91. The predicted molar refractivity (Wildman–Crippen MR) is 123 cm³/mol. The Morgan fingerprint density at radius 3 is 2.52 bits per heavy atom. The number of aryl methyl sites for hydroxylation is 2. The van der Waals surface area contributed by atoms with E-state index in [4.69, 9.17) is 4.74 Å². The quantitative estimate of drug-likeness (QED) is 0.602. The van der Waals surface area contributed by atoms with E-state index in [0.717, 1.165) is 60.7 Å². The van der Waals surface area contributed by atoms with E-state index in [0.29, 0.717) is 19.6 Å². The third-order valence-corrected chi connectivity index (χ3v) is 6.05. The number of carbonyl (C=O) groups excluding carboxylic acids is 1. The third-order valence-electron chi connectivity index (χ3n) is 6.05. The van der Waals surface area contributed by atoms with Gasteiger partial charge >= 0.3 is 0 Å². The summed E-state index contributed by atoms with van der Waals surface area (Å²) >= 11 is 0. The Labute approximate surface area is 192 Å². The fourth-order valence-corrected chi connectivity index (χ4v) is 4.15. The molecular weight excluding hydrogens is 420 g/mol. The van der Waals surface area contributed by atoms with Crippen LogP contribution in [0.5, 0.6) is 0 Å². The van der Waals surface area contributed by atoms with E-state index in [1.54, 1.807) is 6.33 Å². The molecule has 0 unspecified atom stereocenters. The van der Waals surface area contributed by atoms with Crippen LogP contribution in [-0.2, 0) is 16.1 Å². The number of hydrogen-bond donors (Lipinski definition) is 1. The Balaban J connectivity index is 1.12. The first-order valence-corrected chi connectivity index (χ1v) is 11.2. The van der Waals surface area contributed by atoms with Crippen molar-refractivity contribution in [2.75, 3.05) is 49.2 Å². The standard InChI is InChI=1S/C23H28N8O2/c1-16-9-17(2)31(28-16)22-10-21(26-15-27-22)30-13-19(14-30)23(32)25-12-18-3-4-20(24-11-18)29-5-7-33-8-6-29/h3-4,9-11,15,19H,5-8,12-14H2,1-2H3,(H,25,32). The van der Waals surface area contributed by atoms with Crippen LogP contribution < -0.4 is 15.1 Å². The molecule has 2 aliphatic rings. The highest BCUT2D eigenvalue weighted by Crippen LogP contribution is 2.24. The molecule has 3 aromatic heterocycles. The second-order valence-electron chi connectivity index (χ2n) is 8.52. The van der Waals surface area contributed by atoms with Crippen molar-refractivity contribution in [1.29, 1.82) is 0 Å². The zero-order valence-corrected chi connectivity index (χ0v) is 18.9. The summed E-state index contributed by atoms with van der Waals surface area (Å²) in [5.74, 6) is 2.48. The van der Waals surface area contributed by atoms with Crippen LogP contribution in [0.4, 0.5) is 11.6 Å². The van der Waals surface area contributed by atoms with Gasteiger partial charge in [-0.15, -0.1) is 0 Å². The summed E-state index contributed by atoms with van der Waals surface area (Å²) in [6.07, 6.45) is 3.38. The van der Waals surface area contributed by atoms with Crippen LogP contribution in [0.3, 0.4) is 0 Å². The van der Waals surface area contributed by atoms with Crippen molar-refractivity contribution >= 4 is 17.5 Å². The van der Waals surface area contributed by atoms with E-state index < -0.39 is 0 Å². The molecule has 3 aromatic rings. The van der Waals surface area contributed by atoms with Gasteiger partial charge in [0.2, 0.25) is 5.91 Å². The summed E-state index contributed by atoms with van der Waals surface area (Å²) in [5.41, 5.74) is 2.95. The van der Waals surface area contributed by atoms with Gasteiger partial charge in [-0.3, -0.25) is 4.79 Å². The SMILES string of the molecule is Cc1cc(C)n(-c2cc(N3CC(C(=O)NCc4ccc(N5CCOCC5)nc4)C3)ncn2)n1. The summed E-state index contributed by atoms with van der Waals surface area (Å²) in [6.45, 7) is 8.87. The number of amides is 1. The molecule has 2 aliphatic heterocycles. The van der Waals surface area contributed by atoms with Crippen LogP contribution >= 0.6 is 0 Å². The number of ether oxygens (including phenoxy) is 1. The van der Waals surface area contributed by atoms with Gasteiger partial charge in [0.1, 0.15) is 18.0 Å². The second-order valence-corrected chi connectivity index (χ2v) is 8.52. The van der Waals surface area contributed by atoms with Gasteiger partial charge in [0.05, 0.1) is 24.8 Å². The number of anilines is 2. The Hall–Kier alpha value is -3.53. The van der Waals surface area contributed by atoms with Crippen LogP contribution in [0.2, 0.25) is 0 Å². The molecule has 0 radical (unpaired) electrons. The lowest BCUT2D eigenvalue weighted by Gasteiger charge is -2.39. The average Bonchev–Trinajstić information content (AvgIpc) is 3.16. The van der Waals surface area contributed by atoms with Gasteiger partial charge in [0.15, 0.2) is 5.82 Å². The fourth-order valence-electron chi connectivity index (χ4n) is 4.15. The normalized spacial score (nSPS) is 16.5. The molecular formula is C23H28N8O2. The molecule has 1 amide bonds. The molecule has 0 bridgehead atoms. The molecule has 0 aliphatic carbocycles. The lowest BCUT2D eigenvalue weighted by molar-refractivity contribution is -0.125. The summed E-state index contributed by atoms with van der Waals surface area (Å²) in [7, 11) is 0. The summed E-state index contributed by atoms with van der Waals surface area (Å²) in [5, 5.41) is 7.52. The van der Waals surface area contributed by atoms with Gasteiger partial charge in [0, 0.05) is 50.7 Å². The highest BCUT2D eigenvalue weighted by Gasteiger charge is 2.33. The largest absolute Gasteiger partial charge is 0.378 e. The molecule has 2 saturated heterocycles. The molecule has 0 atom stereocenters. The number of pyridine rings is 1. The van der Waals surface area contributed by atoms with Gasteiger partial charge in [0.25, 0.3) is 0 Å². The smallest absolute Gasteiger partial charge is 0.226 e. The molecule has 0 saturated carbocycles. The monoisotopic (exact) mass is 448 g/mol. The maximum atomic E-state index is 12.6. The van der Waals surface area contributed by atoms with Crippen LogP contribution in [-0.4, -0.2) is 70.0 Å². The summed E-state index contributed by atoms with van der Waals surface area (Å²) < 4.78 is 7.19. The van der Waals surface area contributed by atoms with Crippen LogP contribution in [0.1, 0.15) is 17.0 Å². The fraction of sp³-hybridized carbons (Fsp3) is 0.435. The molecule has 5 rings (SSSR count). The van der Waals surface area contributed by atoms with Crippen LogP contribution in [0.15, 0.2) is 36.8 Å². The molecule has 0 spiro atoms. The molecule has 10 heteroatoms. The van der Waals surface area contributed by atoms with Crippen molar-refractivity contribution in [3.63, 3.8) is 0 Å². The maximum Gasteiger partial charge on any atom is 0.226 e. The second kappa shape index (κ2) is 9.14. The number of hydrogen-bond acceptors (Lipinski definition) is 8. The Morgan fingerprint density at radius 2 is 1.82 bits per heavy atom. The van der Waals surface area contributed by atoms with E-state index in [1.165, 1.54) is 0 Å². The maximum absolute atomic E-state index is 12.6. The van der Waals surface area contributed by atoms with Crippen molar-refractivity contribution in [3.8, 4) is 5.82 Å². The first-order chi connectivity index (χ1) is 16.1. The van der Waals surface area contributed by atoms with Crippen molar-refractivity contribution in [2.45, 2.75) is 20.4 Å². The Bertz CT molecular complexity index is 1120. The average molecular weight is 449 g/mol. The lowest BCUT2D eigenvalue weighted by Crippen LogP contribution is -2.54. The van der Waals surface area contributed by atoms with Crippen molar-refractivity contribution in [3.05, 3.63) is 53.7 Å². The molecule has 33 heavy (non-hydrogen) atoms. The highest BCUT2D eigenvalue weighted by molar-refractivity contribution is 5.81. The molecule has 1 N–H and O–H groups in total. The first-order valence-electron chi connectivity index (χ1n) is 11.2. The molecule has 10 nitrogen and oxygen atoms in total.